The number of thiazole rings is 1. The smallest absolute Gasteiger partial charge is 0.238 e. The summed E-state index contributed by atoms with van der Waals surface area (Å²) < 4.78 is 5.53. The second-order valence-corrected chi connectivity index (χ2v) is 12.4. The molecule has 0 aliphatic rings. The predicted octanol–water partition coefficient (Wildman–Crippen LogP) is 10.0. The van der Waals surface area contributed by atoms with Crippen LogP contribution in [0.5, 0.6) is 0 Å². The monoisotopic (exact) mass is 620 g/mol. The van der Waals surface area contributed by atoms with Crippen LogP contribution in [0.3, 0.4) is 0 Å². The second kappa shape index (κ2) is 10.2. The van der Waals surface area contributed by atoms with Gasteiger partial charge in [-0.15, -0.1) is 11.3 Å². The summed E-state index contributed by atoms with van der Waals surface area (Å²) in [7, 11) is 0. The van der Waals surface area contributed by atoms with Crippen LogP contribution in [0.2, 0.25) is 0 Å². The van der Waals surface area contributed by atoms with Crippen LogP contribution in [0.25, 0.3) is 88.2 Å². The fourth-order valence-corrected chi connectivity index (χ4v) is 7.68. The molecular formula is C40H24N6S. The van der Waals surface area contributed by atoms with Crippen molar-refractivity contribution < 1.29 is 0 Å². The Balaban J connectivity index is 1.27. The molecule has 220 valence electrons. The topological polar surface area (TPSA) is 61.4 Å². The Morgan fingerprint density at radius 2 is 1.09 bits per heavy atom. The Labute approximate surface area is 272 Å². The van der Waals surface area contributed by atoms with E-state index >= 15 is 0 Å². The fraction of sp³-hybridized carbons (Fsp3) is 0. The molecule has 7 heteroatoms. The van der Waals surface area contributed by atoms with Crippen molar-refractivity contribution in [1.29, 1.82) is 0 Å². The van der Waals surface area contributed by atoms with Crippen LogP contribution in [0.1, 0.15) is 0 Å². The van der Waals surface area contributed by atoms with Crippen molar-refractivity contribution >= 4 is 65.2 Å². The van der Waals surface area contributed by atoms with E-state index in [1.165, 1.54) is 5.39 Å². The van der Waals surface area contributed by atoms with Crippen molar-refractivity contribution in [3.63, 3.8) is 0 Å². The maximum atomic E-state index is 5.21. The van der Waals surface area contributed by atoms with Crippen LogP contribution in [0.4, 0.5) is 0 Å². The maximum absolute atomic E-state index is 5.21. The molecule has 4 heterocycles. The van der Waals surface area contributed by atoms with Gasteiger partial charge in [0.15, 0.2) is 11.6 Å². The van der Waals surface area contributed by atoms with Crippen LogP contribution in [0, 0.1) is 0 Å². The van der Waals surface area contributed by atoms with Gasteiger partial charge in [0.1, 0.15) is 0 Å². The van der Waals surface area contributed by atoms with Gasteiger partial charge in [-0.05, 0) is 60.7 Å². The first-order valence-corrected chi connectivity index (χ1v) is 16.4. The molecule has 10 aromatic rings. The van der Waals surface area contributed by atoms with E-state index in [2.05, 4.69) is 142 Å². The Hall–Kier alpha value is -6.18. The minimum absolute atomic E-state index is 0.579. The van der Waals surface area contributed by atoms with Gasteiger partial charge in [0, 0.05) is 38.4 Å². The van der Waals surface area contributed by atoms with Gasteiger partial charge in [0.05, 0.1) is 37.8 Å². The number of para-hydroxylation sites is 4. The molecule has 0 N–H and O–H groups in total. The van der Waals surface area contributed by atoms with Gasteiger partial charge in [-0.25, -0.2) is 9.97 Å². The molecular weight excluding hydrogens is 597 g/mol. The fourth-order valence-electron chi connectivity index (χ4n) is 6.88. The average molecular weight is 621 g/mol. The highest BCUT2D eigenvalue weighted by Crippen LogP contribution is 2.37. The molecule has 10 rings (SSSR count). The predicted molar refractivity (Wildman–Crippen MR) is 193 cm³/mol. The van der Waals surface area contributed by atoms with Crippen LogP contribution in [0.15, 0.2) is 145 Å². The van der Waals surface area contributed by atoms with Gasteiger partial charge in [-0.2, -0.15) is 9.97 Å². The minimum atomic E-state index is 0.579. The van der Waals surface area contributed by atoms with E-state index in [0.29, 0.717) is 17.6 Å². The Bertz CT molecular complexity index is 2760. The van der Waals surface area contributed by atoms with Crippen molar-refractivity contribution in [2.24, 2.45) is 0 Å². The van der Waals surface area contributed by atoms with Crippen molar-refractivity contribution in [3.8, 4) is 34.4 Å². The summed E-state index contributed by atoms with van der Waals surface area (Å²) in [6, 6.07) is 48.6. The van der Waals surface area contributed by atoms with E-state index in [0.717, 1.165) is 65.3 Å². The summed E-state index contributed by atoms with van der Waals surface area (Å²) >= 11 is 1.60. The number of aromatic nitrogens is 6. The summed E-state index contributed by atoms with van der Waals surface area (Å²) in [6.45, 7) is 0. The molecule has 0 saturated heterocycles. The molecule has 0 unspecified atom stereocenters. The molecule has 6 aromatic carbocycles. The van der Waals surface area contributed by atoms with Crippen molar-refractivity contribution in [3.05, 3.63) is 145 Å². The van der Waals surface area contributed by atoms with Gasteiger partial charge < -0.3 is 4.57 Å². The lowest BCUT2D eigenvalue weighted by Crippen LogP contribution is -2.06. The van der Waals surface area contributed by atoms with E-state index in [1.807, 2.05) is 17.6 Å². The van der Waals surface area contributed by atoms with Gasteiger partial charge in [0.25, 0.3) is 0 Å². The van der Waals surface area contributed by atoms with Crippen LogP contribution in [-0.2, 0) is 0 Å². The zero-order valence-corrected chi connectivity index (χ0v) is 25.8. The summed E-state index contributed by atoms with van der Waals surface area (Å²) in [5.41, 5.74) is 10.2. The third kappa shape index (κ3) is 3.97. The number of hydrogen-bond acceptors (Lipinski definition) is 5. The van der Waals surface area contributed by atoms with E-state index in [9.17, 15) is 0 Å². The highest BCUT2D eigenvalue weighted by Gasteiger charge is 2.20. The quantitative estimate of drug-likeness (QED) is 0.196. The maximum Gasteiger partial charge on any atom is 0.238 e. The highest BCUT2D eigenvalue weighted by molar-refractivity contribution is 7.17. The Morgan fingerprint density at radius 1 is 0.468 bits per heavy atom. The second-order valence-electron chi connectivity index (χ2n) is 11.6. The molecule has 0 amide bonds. The number of benzene rings is 6. The third-order valence-electron chi connectivity index (χ3n) is 8.95. The molecule has 0 bridgehead atoms. The van der Waals surface area contributed by atoms with Gasteiger partial charge in [0.2, 0.25) is 5.95 Å². The molecule has 0 fully saturated rings. The highest BCUT2D eigenvalue weighted by atomic mass is 32.1. The zero-order valence-electron chi connectivity index (χ0n) is 24.9. The van der Waals surface area contributed by atoms with Crippen molar-refractivity contribution in [2.45, 2.75) is 0 Å². The third-order valence-corrected chi connectivity index (χ3v) is 9.82. The normalized spacial score (nSPS) is 11.8. The summed E-state index contributed by atoms with van der Waals surface area (Å²) in [5, 5.41) is 4.64. The average Bonchev–Trinajstić information content (AvgIpc) is 3.84. The lowest BCUT2D eigenvalue weighted by Gasteiger charge is -2.11. The molecule has 0 atom stereocenters. The number of fused-ring (bicyclic) bond motifs is 7. The van der Waals surface area contributed by atoms with Crippen LogP contribution >= 0.6 is 11.3 Å². The number of hydrogen-bond donors (Lipinski definition) is 0. The Morgan fingerprint density at radius 3 is 1.83 bits per heavy atom. The lowest BCUT2D eigenvalue weighted by atomic mass is 10.1. The first-order chi connectivity index (χ1) is 23.3. The molecule has 4 aromatic heterocycles. The molecule has 0 saturated carbocycles. The molecule has 0 spiro atoms. The van der Waals surface area contributed by atoms with E-state index in [1.54, 1.807) is 11.3 Å². The van der Waals surface area contributed by atoms with Crippen LogP contribution < -0.4 is 0 Å². The summed E-state index contributed by atoms with van der Waals surface area (Å²) in [4.78, 5) is 20.1. The lowest BCUT2D eigenvalue weighted by molar-refractivity contribution is 0.954. The Kier molecular flexibility index (Phi) is 5.64. The molecule has 0 aliphatic heterocycles. The largest absolute Gasteiger partial charge is 0.309 e. The summed E-state index contributed by atoms with van der Waals surface area (Å²) in [5.74, 6) is 1.82. The van der Waals surface area contributed by atoms with Gasteiger partial charge in [-0.1, -0.05) is 78.9 Å². The van der Waals surface area contributed by atoms with Crippen molar-refractivity contribution in [1.82, 2.24) is 29.1 Å². The number of rotatable bonds is 4. The zero-order chi connectivity index (χ0) is 30.9. The minimum Gasteiger partial charge on any atom is -0.309 e. The summed E-state index contributed by atoms with van der Waals surface area (Å²) in [6.07, 6.45) is 0. The SMILES string of the molecule is c1ccc(-n2c3ccccc3c3cc(-c4nc(-c5cccc6ncsc56)nc(-n5c6ccccc6c6ccccc65)n4)ccc32)cc1. The first kappa shape index (κ1) is 26.1. The van der Waals surface area contributed by atoms with Gasteiger partial charge in [-0.3, -0.25) is 4.57 Å². The van der Waals surface area contributed by atoms with E-state index in [4.69, 9.17) is 15.0 Å². The van der Waals surface area contributed by atoms with Crippen LogP contribution in [-0.4, -0.2) is 29.1 Å². The van der Waals surface area contributed by atoms with E-state index < -0.39 is 0 Å². The van der Waals surface area contributed by atoms with Crippen molar-refractivity contribution in [2.75, 3.05) is 0 Å². The standard InChI is InChI=1S/C40H24N6S/c1-2-11-26(12-3-1)45-33-18-7-6-15-29(33)31-23-25(21-22-36(31)45)38-42-39(30-16-10-17-32-37(30)47-24-41-32)44-40(43-38)46-34-19-8-4-13-27(34)28-14-5-9-20-35(28)46/h1-24H. The number of nitrogens with zero attached hydrogens (tertiary/aromatic N) is 6. The molecule has 47 heavy (non-hydrogen) atoms. The molecule has 0 radical (unpaired) electrons. The molecule has 6 nitrogen and oxygen atoms in total. The van der Waals surface area contributed by atoms with Gasteiger partial charge >= 0.3 is 0 Å². The molecule has 0 aliphatic carbocycles. The van der Waals surface area contributed by atoms with E-state index in [-0.39, 0.29) is 0 Å². The first-order valence-electron chi connectivity index (χ1n) is 15.5.